The van der Waals surface area contributed by atoms with Gasteiger partial charge in [0.25, 0.3) is 11.8 Å². The first-order chi connectivity index (χ1) is 16.8. The highest BCUT2D eigenvalue weighted by Gasteiger charge is 2.15. The number of carbonyl (C=O) groups is 3. The topological polar surface area (TPSA) is 138 Å². The summed E-state index contributed by atoms with van der Waals surface area (Å²) < 4.78 is 16.0. The molecule has 9 nitrogen and oxygen atoms in total. The van der Waals surface area contributed by atoms with Gasteiger partial charge in [0.15, 0.2) is 6.61 Å². The van der Waals surface area contributed by atoms with E-state index in [1.807, 2.05) is 13.0 Å². The number of benzene rings is 2. The van der Waals surface area contributed by atoms with Crippen molar-refractivity contribution >= 4 is 45.1 Å². The van der Waals surface area contributed by atoms with Crippen molar-refractivity contribution in [3.63, 3.8) is 0 Å². The molecule has 2 heterocycles. The third-order valence-electron chi connectivity index (χ3n) is 5.04. The van der Waals surface area contributed by atoms with Crippen molar-refractivity contribution < 1.29 is 28.3 Å². The Hall–Kier alpha value is -4.44. The molecule has 0 saturated heterocycles. The minimum Gasteiger partial charge on any atom is -0.489 e. The molecule has 0 saturated carbocycles. The van der Waals surface area contributed by atoms with Crippen molar-refractivity contribution in [3.05, 3.63) is 92.7 Å². The van der Waals surface area contributed by atoms with Crippen LogP contribution in [0.3, 0.4) is 0 Å². The maximum Gasteiger partial charge on any atom is 0.338 e. The summed E-state index contributed by atoms with van der Waals surface area (Å²) in [5.41, 5.74) is 7.33. The normalized spacial score (nSPS) is 10.7. The molecule has 4 rings (SSSR count). The molecule has 0 fully saturated rings. The number of ether oxygens (including phenoxy) is 2. The zero-order valence-electron chi connectivity index (χ0n) is 18.5. The largest absolute Gasteiger partial charge is 0.489 e. The molecule has 35 heavy (non-hydrogen) atoms. The summed E-state index contributed by atoms with van der Waals surface area (Å²) in [6.07, 6.45) is 0. The summed E-state index contributed by atoms with van der Waals surface area (Å²) in [7, 11) is 0. The number of hydrogen-bond donors (Lipinski definition) is 2. The third kappa shape index (κ3) is 5.74. The van der Waals surface area contributed by atoms with Gasteiger partial charge in [-0.05, 0) is 53.8 Å². The average molecular weight is 493 g/mol. The van der Waals surface area contributed by atoms with Crippen molar-refractivity contribution in [1.29, 1.82) is 0 Å². The molecule has 0 bridgehead atoms. The summed E-state index contributed by atoms with van der Waals surface area (Å²) in [5.74, 6) is -1.39. The van der Waals surface area contributed by atoms with Gasteiger partial charge in [0.05, 0.1) is 11.1 Å². The van der Waals surface area contributed by atoms with Crippen LogP contribution in [0.4, 0.5) is 5.00 Å². The first-order valence-corrected chi connectivity index (χ1v) is 11.3. The molecule has 178 valence electrons. The van der Waals surface area contributed by atoms with E-state index in [4.69, 9.17) is 19.6 Å². The smallest absolute Gasteiger partial charge is 0.338 e. The standard InChI is InChI=1S/C25H20N2O7S/c1-14-10-22(29)34-20-11-17(6-7-18(14)20)32-12-15-2-4-16(5-3-15)25(31)33-13-21(28)27-24-19(23(26)30)8-9-35-24/h2-11H,12-13H2,1H3,(H2,26,30)(H,27,28). The van der Waals surface area contributed by atoms with Crippen LogP contribution in [0.1, 0.15) is 31.8 Å². The van der Waals surface area contributed by atoms with Crippen LogP contribution in [0.25, 0.3) is 11.0 Å². The molecular formula is C25H20N2O7S. The lowest BCUT2D eigenvalue weighted by molar-refractivity contribution is -0.119. The van der Waals surface area contributed by atoms with Crippen LogP contribution in [0, 0.1) is 6.92 Å². The number of nitrogens with one attached hydrogen (secondary N) is 1. The van der Waals surface area contributed by atoms with Crippen LogP contribution >= 0.6 is 11.3 Å². The highest BCUT2D eigenvalue weighted by Crippen LogP contribution is 2.24. The first-order valence-electron chi connectivity index (χ1n) is 10.4. The molecule has 0 unspecified atom stereocenters. The fraction of sp³-hybridized carbons (Fsp3) is 0.120. The highest BCUT2D eigenvalue weighted by molar-refractivity contribution is 7.14. The van der Waals surface area contributed by atoms with Crippen LogP contribution in [0.15, 0.2) is 69.2 Å². The van der Waals surface area contributed by atoms with Gasteiger partial charge < -0.3 is 24.9 Å². The summed E-state index contributed by atoms with van der Waals surface area (Å²) in [6.45, 7) is 1.54. The minimum absolute atomic E-state index is 0.191. The number of thiophene rings is 1. The van der Waals surface area contributed by atoms with Crippen LogP contribution in [0.5, 0.6) is 5.75 Å². The number of hydrogen-bond acceptors (Lipinski definition) is 8. The molecule has 0 spiro atoms. The van der Waals surface area contributed by atoms with Crippen LogP contribution in [0.2, 0.25) is 0 Å². The van der Waals surface area contributed by atoms with Crippen molar-refractivity contribution in [2.45, 2.75) is 13.5 Å². The van der Waals surface area contributed by atoms with Gasteiger partial charge >= 0.3 is 11.6 Å². The van der Waals surface area contributed by atoms with Crippen molar-refractivity contribution in [1.82, 2.24) is 0 Å². The summed E-state index contributed by atoms with van der Waals surface area (Å²) in [5, 5.41) is 5.24. The summed E-state index contributed by atoms with van der Waals surface area (Å²) in [4.78, 5) is 47.2. The van der Waals surface area contributed by atoms with E-state index in [9.17, 15) is 19.2 Å². The quantitative estimate of drug-likeness (QED) is 0.283. The Morgan fingerprint density at radius 1 is 1.06 bits per heavy atom. The lowest BCUT2D eigenvalue weighted by Gasteiger charge is -2.09. The lowest BCUT2D eigenvalue weighted by Crippen LogP contribution is -2.22. The molecule has 0 aliphatic heterocycles. The Kier molecular flexibility index (Phi) is 6.93. The van der Waals surface area contributed by atoms with Gasteiger partial charge in [-0.15, -0.1) is 11.3 Å². The fourth-order valence-corrected chi connectivity index (χ4v) is 4.08. The molecule has 4 aromatic rings. The number of primary amides is 1. The van der Waals surface area contributed by atoms with Gasteiger partial charge in [0, 0.05) is 17.5 Å². The highest BCUT2D eigenvalue weighted by atomic mass is 32.1. The Bertz CT molecular complexity index is 1470. The second kappa shape index (κ2) is 10.2. The zero-order chi connectivity index (χ0) is 24.9. The van der Waals surface area contributed by atoms with E-state index < -0.39 is 30.0 Å². The van der Waals surface area contributed by atoms with E-state index in [1.165, 1.54) is 12.1 Å². The van der Waals surface area contributed by atoms with Gasteiger partial charge in [-0.3, -0.25) is 9.59 Å². The number of rotatable bonds is 8. The number of anilines is 1. The molecule has 2 amide bonds. The molecule has 2 aromatic carbocycles. The molecule has 0 atom stereocenters. The number of carbonyl (C=O) groups excluding carboxylic acids is 3. The van der Waals surface area contributed by atoms with Gasteiger partial charge in [-0.25, -0.2) is 9.59 Å². The van der Waals surface area contributed by atoms with Gasteiger partial charge in [-0.2, -0.15) is 0 Å². The van der Waals surface area contributed by atoms with Crippen LogP contribution < -0.4 is 21.4 Å². The summed E-state index contributed by atoms with van der Waals surface area (Å²) >= 11 is 1.14. The van der Waals surface area contributed by atoms with E-state index in [-0.39, 0.29) is 17.7 Å². The number of aryl methyl sites for hydroxylation is 1. The SMILES string of the molecule is Cc1cc(=O)oc2cc(OCc3ccc(C(=O)OCC(=O)Nc4sccc4C(N)=O)cc3)ccc12. The second-order valence-corrected chi connectivity index (χ2v) is 8.46. The molecule has 10 heteroatoms. The predicted octanol–water partition coefficient (Wildman–Crippen LogP) is 3.64. The maximum absolute atomic E-state index is 12.3. The van der Waals surface area contributed by atoms with Gasteiger partial charge in [0.1, 0.15) is 22.9 Å². The molecule has 3 N–H and O–H groups in total. The van der Waals surface area contributed by atoms with E-state index in [0.717, 1.165) is 27.8 Å². The zero-order valence-corrected chi connectivity index (χ0v) is 19.3. The Balaban J connectivity index is 1.30. The van der Waals surface area contributed by atoms with Gasteiger partial charge in [0.2, 0.25) is 0 Å². The average Bonchev–Trinajstić information content (AvgIpc) is 3.29. The van der Waals surface area contributed by atoms with Crippen molar-refractivity contribution in [2.24, 2.45) is 5.73 Å². The van der Waals surface area contributed by atoms with Crippen molar-refractivity contribution in [2.75, 3.05) is 11.9 Å². The van der Waals surface area contributed by atoms with Crippen molar-refractivity contribution in [3.8, 4) is 5.75 Å². The van der Waals surface area contributed by atoms with E-state index >= 15 is 0 Å². The van der Waals surface area contributed by atoms with Crippen LogP contribution in [-0.2, 0) is 16.1 Å². The minimum atomic E-state index is -0.672. The Morgan fingerprint density at radius 3 is 2.57 bits per heavy atom. The maximum atomic E-state index is 12.3. The fourth-order valence-electron chi connectivity index (χ4n) is 3.28. The molecule has 2 aromatic heterocycles. The third-order valence-corrected chi connectivity index (χ3v) is 5.87. The predicted molar refractivity (Wildman–Crippen MR) is 130 cm³/mol. The number of nitrogens with two attached hydrogens (primary N) is 1. The van der Waals surface area contributed by atoms with E-state index in [0.29, 0.717) is 16.3 Å². The first kappa shape index (κ1) is 23.7. The number of amides is 2. The number of fused-ring (bicyclic) bond motifs is 1. The lowest BCUT2D eigenvalue weighted by atomic mass is 10.1. The monoisotopic (exact) mass is 492 g/mol. The Labute approximate surface area is 203 Å². The van der Waals surface area contributed by atoms with Gasteiger partial charge in [-0.1, -0.05) is 12.1 Å². The second-order valence-electron chi connectivity index (χ2n) is 7.54. The summed E-state index contributed by atoms with van der Waals surface area (Å²) in [6, 6.07) is 14.7. The van der Waals surface area contributed by atoms with E-state index in [1.54, 1.807) is 41.8 Å². The number of esters is 1. The molecule has 0 aliphatic carbocycles. The molecule has 0 radical (unpaired) electrons. The van der Waals surface area contributed by atoms with E-state index in [2.05, 4.69) is 5.32 Å². The molecule has 0 aliphatic rings. The Morgan fingerprint density at radius 2 is 1.83 bits per heavy atom. The molecular weight excluding hydrogens is 472 g/mol. The van der Waals surface area contributed by atoms with Crippen LogP contribution in [-0.4, -0.2) is 24.4 Å².